The first-order chi connectivity index (χ1) is 10.1. The highest BCUT2D eigenvalue weighted by Gasteiger charge is 2.30. The van der Waals surface area contributed by atoms with Crippen molar-refractivity contribution in [3.05, 3.63) is 68.7 Å². The average molecular weight is 347 g/mol. The van der Waals surface area contributed by atoms with Crippen LogP contribution in [0.1, 0.15) is 24.3 Å². The standard InChI is InChI=1S/C16H15BrN2O2/c17-13-4-1-3-11(7-13)12-8-15(9-12)18-14-5-2-6-16(10-14)19(20)21/h1-7,10,12,15,18H,8-9H2. The molecule has 1 N–H and O–H groups in total. The Labute approximate surface area is 131 Å². The number of nitrogens with zero attached hydrogens (tertiary/aromatic N) is 1. The largest absolute Gasteiger partial charge is 0.382 e. The van der Waals surface area contributed by atoms with Crippen molar-refractivity contribution < 1.29 is 4.92 Å². The lowest BCUT2D eigenvalue weighted by atomic mass is 9.76. The fourth-order valence-corrected chi connectivity index (χ4v) is 3.13. The molecule has 0 aliphatic heterocycles. The van der Waals surface area contributed by atoms with Gasteiger partial charge in [0, 0.05) is 28.3 Å². The molecule has 4 nitrogen and oxygen atoms in total. The van der Waals surface area contributed by atoms with Crippen molar-refractivity contribution in [2.24, 2.45) is 0 Å². The van der Waals surface area contributed by atoms with Gasteiger partial charge in [-0.3, -0.25) is 10.1 Å². The van der Waals surface area contributed by atoms with E-state index in [1.807, 2.05) is 12.1 Å². The van der Waals surface area contributed by atoms with Crippen molar-refractivity contribution in [2.45, 2.75) is 24.8 Å². The van der Waals surface area contributed by atoms with E-state index in [-0.39, 0.29) is 10.6 Å². The normalized spacial score (nSPS) is 20.6. The maximum Gasteiger partial charge on any atom is 0.271 e. The molecule has 1 fully saturated rings. The first-order valence-electron chi connectivity index (χ1n) is 6.88. The molecule has 21 heavy (non-hydrogen) atoms. The van der Waals surface area contributed by atoms with E-state index in [0.717, 1.165) is 23.0 Å². The molecule has 108 valence electrons. The second-order valence-corrected chi connectivity index (χ2v) is 6.29. The van der Waals surface area contributed by atoms with Crippen LogP contribution in [0.15, 0.2) is 53.0 Å². The highest BCUT2D eigenvalue weighted by atomic mass is 79.9. The van der Waals surface area contributed by atoms with Crippen LogP contribution in [0.2, 0.25) is 0 Å². The number of nitrogens with one attached hydrogen (secondary N) is 1. The van der Waals surface area contributed by atoms with Gasteiger partial charge in [0.15, 0.2) is 0 Å². The zero-order valence-electron chi connectivity index (χ0n) is 11.3. The van der Waals surface area contributed by atoms with Crippen LogP contribution in [0.5, 0.6) is 0 Å². The van der Waals surface area contributed by atoms with Gasteiger partial charge in [-0.25, -0.2) is 0 Å². The van der Waals surface area contributed by atoms with Crippen LogP contribution >= 0.6 is 15.9 Å². The van der Waals surface area contributed by atoms with E-state index in [1.165, 1.54) is 11.6 Å². The third-order valence-corrected chi connectivity index (χ3v) is 4.38. The Morgan fingerprint density at radius 1 is 1.14 bits per heavy atom. The van der Waals surface area contributed by atoms with Gasteiger partial charge >= 0.3 is 0 Å². The number of nitro groups is 1. The van der Waals surface area contributed by atoms with Gasteiger partial charge in [0.2, 0.25) is 0 Å². The minimum atomic E-state index is -0.365. The highest BCUT2D eigenvalue weighted by Crippen LogP contribution is 2.39. The van der Waals surface area contributed by atoms with Gasteiger partial charge in [0.25, 0.3) is 5.69 Å². The van der Waals surface area contributed by atoms with Crippen LogP contribution in [-0.2, 0) is 0 Å². The maximum atomic E-state index is 10.8. The van der Waals surface area contributed by atoms with E-state index in [2.05, 4.69) is 39.4 Å². The monoisotopic (exact) mass is 346 g/mol. The second kappa shape index (κ2) is 5.85. The molecular formula is C16H15BrN2O2. The fraction of sp³-hybridized carbons (Fsp3) is 0.250. The van der Waals surface area contributed by atoms with Crippen LogP contribution < -0.4 is 5.32 Å². The summed E-state index contributed by atoms with van der Waals surface area (Å²) in [5.41, 5.74) is 2.30. The van der Waals surface area contributed by atoms with Gasteiger partial charge in [-0.1, -0.05) is 34.1 Å². The molecule has 0 saturated heterocycles. The van der Waals surface area contributed by atoms with E-state index in [9.17, 15) is 10.1 Å². The summed E-state index contributed by atoms with van der Waals surface area (Å²) in [7, 11) is 0. The Bertz CT molecular complexity index is 669. The summed E-state index contributed by atoms with van der Waals surface area (Å²) in [5, 5.41) is 14.1. The Hall–Kier alpha value is -1.88. The Kier molecular flexibility index (Phi) is 3.92. The number of hydrogen-bond acceptors (Lipinski definition) is 3. The molecule has 0 radical (unpaired) electrons. The number of hydrogen-bond donors (Lipinski definition) is 1. The van der Waals surface area contributed by atoms with E-state index in [1.54, 1.807) is 12.1 Å². The minimum absolute atomic E-state index is 0.128. The summed E-state index contributed by atoms with van der Waals surface area (Å²) < 4.78 is 1.11. The van der Waals surface area contributed by atoms with Crippen LogP contribution in [-0.4, -0.2) is 11.0 Å². The predicted molar refractivity (Wildman–Crippen MR) is 86.6 cm³/mol. The highest BCUT2D eigenvalue weighted by molar-refractivity contribution is 9.10. The maximum absolute atomic E-state index is 10.8. The average Bonchev–Trinajstić information content (AvgIpc) is 2.42. The first kappa shape index (κ1) is 14.1. The summed E-state index contributed by atoms with van der Waals surface area (Å²) in [5.74, 6) is 0.568. The van der Waals surface area contributed by atoms with Crippen molar-refractivity contribution in [3.8, 4) is 0 Å². The second-order valence-electron chi connectivity index (χ2n) is 5.37. The lowest BCUT2D eigenvalue weighted by Gasteiger charge is -2.37. The van der Waals surface area contributed by atoms with Crippen molar-refractivity contribution in [3.63, 3.8) is 0 Å². The Balaban J connectivity index is 1.60. The number of anilines is 1. The molecule has 0 amide bonds. The van der Waals surface area contributed by atoms with Crippen molar-refractivity contribution in [1.29, 1.82) is 0 Å². The predicted octanol–water partition coefficient (Wildman–Crippen LogP) is 4.72. The van der Waals surface area contributed by atoms with Crippen molar-refractivity contribution in [1.82, 2.24) is 0 Å². The molecule has 0 heterocycles. The topological polar surface area (TPSA) is 55.2 Å². The van der Waals surface area contributed by atoms with Crippen molar-refractivity contribution >= 4 is 27.3 Å². The fourth-order valence-electron chi connectivity index (χ4n) is 2.71. The summed E-state index contributed by atoms with van der Waals surface area (Å²) in [6.07, 6.45) is 2.11. The van der Waals surface area contributed by atoms with Crippen LogP contribution in [0.3, 0.4) is 0 Å². The lowest BCUT2D eigenvalue weighted by molar-refractivity contribution is -0.384. The number of halogens is 1. The molecule has 2 aromatic carbocycles. The smallest absolute Gasteiger partial charge is 0.271 e. The molecular weight excluding hydrogens is 332 g/mol. The molecule has 0 aromatic heterocycles. The third kappa shape index (κ3) is 3.24. The zero-order chi connectivity index (χ0) is 14.8. The van der Waals surface area contributed by atoms with E-state index in [4.69, 9.17) is 0 Å². The number of non-ortho nitro benzene ring substituents is 1. The molecule has 3 rings (SSSR count). The van der Waals surface area contributed by atoms with E-state index in [0.29, 0.717) is 12.0 Å². The van der Waals surface area contributed by atoms with Gasteiger partial charge in [0.1, 0.15) is 0 Å². The van der Waals surface area contributed by atoms with Crippen molar-refractivity contribution in [2.75, 3.05) is 5.32 Å². The minimum Gasteiger partial charge on any atom is -0.382 e. The van der Waals surface area contributed by atoms with Gasteiger partial charge in [0.05, 0.1) is 4.92 Å². The van der Waals surface area contributed by atoms with Crippen LogP contribution in [0.4, 0.5) is 11.4 Å². The summed E-state index contributed by atoms with van der Waals surface area (Å²) in [6, 6.07) is 15.5. The number of nitro benzene ring substituents is 1. The third-order valence-electron chi connectivity index (χ3n) is 3.89. The Morgan fingerprint density at radius 3 is 2.62 bits per heavy atom. The molecule has 0 atom stereocenters. The molecule has 0 bridgehead atoms. The van der Waals surface area contributed by atoms with Gasteiger partial charge in [-0.15, -0.1) is 0 Å². The molecule has 0 unspecified atom stereocenters. The Morgan fingerprint density at radius 2 is 1.90 bits per heavy atom. The van der Waals surface area contributed by atoms with E-state index >= 15 is 0 Å². The molecule has 2 aromatic rings. The van der Waals surface area contributed by atoms with E-state index < -0.39 is 0 Å². The zero-order valence-corrected chi connectivity index (χ0v) is 12.9. The van der Waals surface area contributed by atoms with Gasteiger partial charge < -0.3 is 5.32 Å². The SMILES string of the molecule is O=[N+]([O-])c1cccc(NC2CC(c3cccc(Br)c3)C2)c1. The molecule has 1 aliphatic carbocycles. The molecule has 5 heteroatoms. The van der Waals surface area contributed by atoms with Gasteiger partial charge in [-0.05, 0) is 42.5 Å². The number of rotatable bonds is 4. The summed E-state index contributed by atoms with van der Waals surface area (Å²) in [4.78, 5) is 10.4. The molecule has 1 aliphatic rings. The van der Waals surface area contributed by atoms with Crippen LogP contribution in [0.25, 0.3) is 0 Å². The molecule has 0 spiro atoms. The first-order valence-corrected chi connectivity index (χ1v) is 7.67. The quantitative estimate of drug-likeness (QED) is 0.643. The molecule has 1 saturated carbocycles. The lowest BCUT2D eigenvalue weighted by Crippen LogP contribution is -2.33. The summed E-state index contributed by atoms with van der Waals surface area (Å²) in [6.45, 7) is 0. The van der Waals surface area contributed by atoms with Gasteiger partial charge in [-0.2, -0.15) is 0 Å². The van der Waals surface area contributed by atoms with Crippen LogP contribution in [0, 0.1) is 10.1 Å². The number of benzene rings is 2. The summed E-state index contributed by atoms with van der Waals surface area (Å²) >= 11 is 3.49.